The molecule has 6 rings (SSSR count). The van der Waals surface area contributed by atoms with Crippen molar-refractivity contribution >= 4 is 46.3 Å². The minimum atomic E-state index is -3.78. The zero-order valence-electron chi connectivity index (χ0n) is 23.1. The van der Waals surface area contributed by atoms with E-state index in [0.717, 1.165) is 0 Å². The van der Waals surface area contributed by atoms with Crippen molar-refractivity contribution in [2.45, 2.75) is 0 Å². The van der Waals surface area contributed by atoms with Crippen molar-refractivity contribution in [1.29, 1.82) is 0 Å². The highest BCUT2D eigenvalue weighted by Crippen LogP contribution is 2.24. The van der Waals surface area contributed by atoms with Gasteiger partial charge >= 0.3 is 0 Å². The topological polar surface area (TPSA) is 0 Å². The molecule has 6 aromatic carbocycles. The SMILES string of the molecule is Fc1ccc([Si](c2ccc(F)cc2)(c2ccc(F)cc2)[Si](c2ccc(F)cc2)(c2ccc(F)cc2)c2ccc(F)cc2)cc1. The molecule has 0 aliphatic carbocycles. The van der Waals surface area contributed by atoms with Crippen LogP contribution in [-0.4, -0.2) is 15.2 Å². The Kier molecular flexibility index (Phi) is 7.88. The molecule has 0 heterocycles. The third kappa shape index (κ3) is 4.90. The minimum absolute atomic E-state index is 0.479. The summed E-state index contributed by atoms with van der Waals surface area (Å²) in [6, 6.07) is 36.1. The van der Waals surface area contributed by atoms with Crippen molar-refractivity contribution in [1.82, 2.24) is 0 Å². The summed E-state index contributed by atoms with van der Waals surface area (Å²) < 4.78 is 87.5. The second-order valence-corrected chi connectivity index (χ2v) is 21.5. The van der Waals surface area contributed by atoms with Crippen molar-refractivity contribution in [2.24, 2.45) is 0 Å². The molecule has 0 radical (unpaired) electrons. The second-order valence-electron chi connectivity index (χ2n) is 10.5. The highest BCUT2D eigenvalue weighted by atomic mass is 29.3. The number of halogens is 6. The van der Waals surface area contributed by atoms with Crippen molar-refractivity contribution in [3.05, 3.63) is 180 Å². The molecule has 0 aliphatic rings. The lowest BCUT2D eigenvalue weighted by molar-refractivity contribution is 0.627. The highest BCUT2D eigenvalue weighted by molar-refractivity contribution is 7.67. The van der Waals surface area contributed by atoms with Crippen LogP contribution < -0.4 is 31.1 Å². The first-order valence-corrected chi connectivity index (χ1v) is 18.8. The lowest BCUT2D eigenvalue weighted by Crippen LogP contribution is -2.94. The quantitative estimate of drug-likeness (QED) is 0.129. The van der Waals surface area contributed by atoms with Crippen molar-refractivity contribution in [2.75, 3.05) is 0 Å². The zero-order valence-corrected chi connectivity index (χ0v) is 25.1. The van der Waals surface area contributed by atoms with Gasteiger partial charge in [0.1, 0.15) is 34.9 Å². The fourth-order valence-corrected chi connectivity index (χ4v) is 25.9. The van der Waals surface area contributed by atoms with Gasteiger partial charge in [0.2, 0.25) is 0 Å². The molecular formula is C36H24F6Si2. The van der Waals surface area contributed by atoms with Gasteiger partial charge in [-0.1, -0.05) is 104 Å². The zero-order chi connectivity index (χ0) is 30.9. The van der Waals surface area contributed by atoms with Crippen LogP contribution in [0, 0.1) is 34.9 Å². The third-order valence-corrected chi connectivity index (χ3v) is 25.1. The normalized spacial score (nSPS) is 11.9. The lowest BCUT2D eigenvalue weighted by Gasteiger charge is -2.50. The smallest absolute Gasteiger partial charge is 0.154 e. The molecule has 0 N–H and O–H groups in total. The van der Waals surface area contributed by atoms with Crippen LogP contribution >= 0.6 is 0 Å². The van der Waals surface area contributed by atoms with Crippen LogP contribution in [0.5, 0.6) is 0 Å². The molecule has 0 saturated carbocycles. The first-order chi connectivity index (χ1) is 21.2. The van der Waals surface area contributed by atoms with Crippen LogP contribution in [0.25, 0.3) is 0 Å². The van der Waals surface area contributed by atoms with Crippen LogP contribution in [0.4, 0.5) is 26.3 Å². The summed E-state index contributed by atoms with van der Waals surface area (Å²) in [5, 5.41) is 4.18. The van der Waals surface area contributed by atoms with Crippen LogP contribution in [-0.2, 0) is 0 Å². The number of hydrogen-bond donors (Lipinski definition) is 0. The Morgan fingerprint density at radius 2 is 0.318 bits per heavy atom. The van der Waals surface area contributed by atoms with Crippen LogP contribution in [0.1, 0.15) is 0 Å². The summed E-state index contributed by atoms with van der Waals surface area (Å²) in [5.41, 5.74) is 0. The van der Waals surface area contributed by atoms with Crippen LogP contribution in [0.3, 0.4) is 0 Å². The van der Waals surface area contributed by atoms with Gasteiger partial charge < -0.3 is 0 Å². The molecule has 0 fully saturated rings. The van der Waals surface area contributed by atoms with Gasteiger partial charge in [0.15, 0.2) is 15.2 Å². The summed E-state index contributed by atoms with van der Waals surface area (Å²) in [6.45, 7) is 0. The van der Waals surface area contributed by atoms with Gasteiger partial charge in [-0.25, -0.2) is 26.3 Å². The van der Waals surface area contributed by atoms with E-state index < -0.39 is 50.1 Å². The lowest BCUT2D eigenvalue weighted by atomic mass is 10.3. The summed E-state index contributed by atoms with van der Waals surface area (Å²) in [4.78, 5) is 0. The van der Waals surface area contributed by atoms with E-state index in [1.807, 2.05) is 0 Å². The largest absolute Gasteiger partial charge is 0.207 e. The van der Waals surface area contributed by atoms with E-state index >= 15 is 0 Å². The Morgan fingerprint density at radius 3 is 0.432 bits per heavy atom. The molecule has 8 heteroatoms. The molecule has 0 aromatic heterocycles. The van der Waals surface area contributed by atoms with Gasteiger partial charge in [0.05, 0.1) is 0 Å². The fraction of sp³-hybridized carbons (Fsp3) is 0. The van der Waals surface area contributed by atoms with Crippen LogP contribution in [0.15, 0.2) is 146 Å². The van der Waals surface area contributed by atoms with Gasteiger partial charge in [0, 0.05) is 0 Å². The molecule has 0 unspecified atom stereocenters. The molecule has 0 atom stereocenters. The van der Waals surface area contributed by atoms with E-state index in [2.05, 4.69) is 0 Å². The average molecular weight is 627 g/mol. The Bertz CT molecular complexity index is 1510. The molecular weight excluding hydrogens is 603 g/mol. The first kappa shape index (κ1) is 29.4. The van der Waals surface area contributed by atoms with E-state index in [1.54, 1.807) is 72.8 Å². The van der Waals surface area contributed by atoms with E-state index in [0.29, 0.717) is 31.1 Å². The Balaban J connectivity index is 1.94. The summed E-state index contributed by atoms with van der Waals surface area (Å²) in [7, 11) is -7.55. The van der Waals surface area contributed by atoms with E-state index in [9.17, 15) is 26.3 Å². The minimum Gasteiger partial charge on any atom is -0.207 e. The van der Waals surface area contributed by atoms with Gasteiger partial charge in [0.25, 0.3) is 0 Å². The summed E-state index contributed by atoms with van der Waals surface area (Å²) >= 11 is 0. The monoisotopic (exact) mass is 626 g/mol. The van der Waals surface area contributed by atoms with Gasteiger partial charge in [-0.05, 0) is 72.8 Å². The third-order valence-electron chi connectivity index (χ3n) is 8.23. The maximum Gasteiger partial charge on any atom is 0.154 e. The Labute approximate surface area is 252 Å². The van der Waals surface area contributed by atoms with E-state index in [4.69, 9.17) is 0 Å². The molecule has 218 valence electrons. The molecule has 0 saturated heterocycles. The Morgan fingerprint density at radius 1 is 0.205 bits per heavy atom. The standard InChI is InChI=1S/C36H24F6Si2/c37-25-1-13-31(14-2-25)43(32-15-3-26(38)4-16-32,33-17-5-27(39)6-18-33)44(34-19-7-28(40)8-20-34,35-21-9-29(41)10-22-35)36-23-11-30(42)12-24-36/h1-24H. The highest BCUT2D eigenvalue weighted by Gasteiger charge is 2.61. The van der Waals surface area contributed by atoms with E-state index in [-0.39, 0.29) is 0 Å². The summed E-state index contributed by atoms with van der Waals surface area (Å²) in [5.74, 6) is -2.88. The predicted octanol–water partition coefficient (Wildman–Crippen LogP) is 5.24. The molecule has 0 nitrogen and oxygen atoms in total. The molecule has 0 amide bonds. The second kappa shape index (κ2) is 11.8. The van der Waals surface area contributed by atoms with E-state index in [1.165, 1.54) is 72.8 Å². The van der Waals surface area contributed by atoms with Gasteiger partial charge in [-0.2, -0.15) is 0 Å². The molecule has 44 heavy (non-hydrogen) atoms. The number of rotatable bonds is 7. The van der Waals surface area contributed by atoms with Gasteiger partial charge in [-0.3, -0.25) is 0 Å². The van der Waals surface area contributed by atoms with Crippen molar-refractivity contribution < 1.29 is 26.3 Å². The van der Waals surface area contributed by atoms with Crippen molar-refractivity contribution in [3.63, 3.8) is 0 Å². The summed E-state index contributed by atoms with van der Waals surface area (Å²) in [6.07, 6.45) is 0. The predicted molar refractivity (Wildman–Crippen MR) is 168 cm³/mol. The Hall–Kier alpha value is -4.67. The van der Waals surface area contributed by atoms with Crippen molar-refractivity contribution in [3.8, 4) is 0 Å². The average Bonchev–Trinajstić information content (AvgIpc) is 3.03. The van der Waals surface area contributed by atoms with Crippen LogP contribution in [0.2, 0.25) is 0 Å². The molecule has 0 aliphatic heterocycles. The first-order valence-electron chi connectivity index (χ1n) is 13.8. The molecule has 0 spiro atoms. The molecule has 6 aromatic rings. The number of hydrogen-bond acceptors (Lipinski definition) is 0. The molecule has 0 bridgehead atoms. The fourth-order valence-electron chi connectivity index (χ4n) is 6.50. The number of benzene rings is 6. The maximum absolute atomic E-state index is 14.6. The van der Waals surface area contributed by atoms with Gasteiger partial charge in [-0.15, -0.1) is 0 Å². The maximum atomic E-state index is 14.6.